The Bertz CT molecular complexity index is 561. The average molecular weight is 242 g/mol. The average Bonchev–Trinajstić information content (AvgIpc) is 2.33. The van der Waals surface area contributed by atoms with Gasteiger partial charge in [0.1, 0.15) is 17.3 Å². The maximum atomic E-state index is 11.8. The van der Waals surface area contributed by atoms with E-state index in [1.165, 1.54) is 19.1 Å². The van der Waals surface area contributed by atoms with Gasteiger partial charge in [-0.3, -0.25) is 4.79 Å². The van der Waals surface area contributed by atoms with E-state index in [0.717, 1.165) is 5.56 Å². The SMILES string of the molecule is CC(=O)C(c1ccccc1)c1ccc(O)cc1O. The van der Waals surface area contributed by atoms with Crippen LogP contribution in [0.25, 0.3) is 0 Å². The van der Waals surface area contributed by atoms with Gasteiger partial charge in [0.2, 0.25) is 0 Å². The smallest absolute Gasteiger partial charge is 0.141 e. The first-order valence-corrected chi connectivity index (χ1v) is 5.67. The standard InChI is InChI=1S/C15H14O3/c1-10(16)15(11-5-3-2-4-6-11)13-8-7-12(17)9-14(13)18/h2-9,15,17-18H,1H3. The first-order chi connectivity index (χ1) is 8.59. The molecule has 0 saturated heterocycles. The Kier molecular flexibility index (Phi) is 3.33. The Labute approximate surface area is 105 Å². The van der Waals surface area contributed by atoms with Gasteiger partial charge in [-0.05, 0) is 18.6 Å². The predicted octanol–water partition coefficient (Wildman–Crippen LogP) is 2.82. The van der Waals surface area contributed by atoms with Gasteiger partial charge in [0.15, 0.2) is 0 Å². The van der Waals surface area contributed by atoms with Crippen LogP contribution >= 0.6 is 0 Å². The van der Waals surface area contributed by atoms with Crippen LogP contribution < -0.4 is 0 Å². The highest BCUT2D eigenvalue weighted by Crippen LogP contribution is 2.33. The van der Waals surface area contributed by atoms with E-state index in [2.05, 4.69) is 0 Å². The topological polar surface area (TPSA) is 57.5 Å². The molecule has 1 atom stereocenters. The Morgan fingerprint density at radius 1 is 1.06 bits per heavy atom. The van der Waals surface area contributed by atoms with Crippen LogP contribution in [0.5, 0.6) is 11.5 Å². The molecule has 18 heavy (non-hydrogen) atoms. The first kappa shape index (κ1) is 12.2. The van der Waals surface area contributed by atoms with Gasteiger partial charge in [0.25, 0.3) is 0 Å². The van der Waals surface area contributed by atoms with Gasteiger partial charge in [-0.1, -0.05) is 36.4 Å². The van der Waals surface area contributed by atoms with Crippen LogP contribution in [0, 0.1) is 0 Å². The van der Waals surface area contributed by atoms with Crippen LogP contribution in [0.2, 0.25) is 0 Å². The summed E-state index contributed by atoms with van der Waals surface area (Å²) in [5, 5.41) is 19.1. The molecule has 0 radical (unpaired) electrons. The second kappa shape index (κ2) is 4.92. The Balaban J connectivity index is 2.52. The molecule has 2 aromatic carbocycles. The highest BCUT2D eigenvalue weighted by atomic mass is 16.3. The minimum atomic E-state index is -0.508. The maximum Gasteiger partial charge on any atom is 0.141 e. The van der Waals surface area contributed by atoms with Crippen molar-refractivity contribution in [2.24, 2.45) is 0 Å². The molecule has 2 N–H and O–H groups in total. The monoisotopic (exact) mass is 242 g/mol. The third kappa shape index (κ3) is 2.35. The van der Waals surface area contributed by atoms with Crippen molar-refractivity contribution in [3.8, 4) is 11.5 Å². The lowest BCUT2D eigenvalue weighted by molar-refractivity contribution is -0.117. The molecule has 3 nitrogen and oxygen atoms in total. The van der Waals surface area contributed by atoms with Crippen LogP contribution in [-0.2, 0) is 4.79 Å². The van der Waals surface area contributed by atoms with Crippen molar-refractivity contribution in [2.45, 2.75) is 12.8 Å². The zero-order chi connectivity index (χ0) is 13.1. The summed E-state index contributed by atoms with van der Waals surface area (Å²) in [7, 11) is 0. The van der Waals surface area contributed by atoms with E-state index in [1.54, 1.807) is 6.07 Å². The summed E-state index contributed by atoms with van der Waals surface area (Å²) in [6.07, 6.45) is 0. The first-order valence-electron chi connectivity index (χ1n) is 5.67. The van der Waals surface area contributed by atoms with Crippen molar-refractivity contribution < 1.29 is 15.0 Å². The number of hydrogen-bond donors (Lipinski definition) is 2. The minimum absolute atomic E-state index is 0.0217. The molecule has 0 aliphatic rings. The van der Waals surface area contributed by atoms with E-state index in [1.807, 2.05) is 30.3 Å². The van der Waals surface area contributed by atoms with E-state index in [-0.39, 0.29) is 17.3 Å². The number of phenols is 2. The number of aromatic hydroxyl groups is 2. The van der Waals surface area contributed by atoms with Gasteiger partial charge >= 0.3 is 0 Å². The van der Waals surface area contributed by atoms with Crippen LogP contribution in [0.1, 0.15) is 24.0 Å². The van der Waals surface area contributed by atoms with E-state index in [4.69, 9.17) is 0 Å². The fraction of sp³-hybridized carbons (Fsp3) is 0.133. The molecule has 0 aromatic heterocycles. The van der Waals surface area contributed by atoms with Gasteiger partial charge < -0.3 is 10.2 Å². The lowest BCUT2D eigenvalue weighted by Gasteiger charge is -2.16. The highest BCUT2D eigenvalue weighted by Gasteiger charge is 2.22. The van der Waals surface area contributed by atoms with E-state index in [0.29, 0.717) is 5.56 Å². The third-order valence-electron chi connectivity index (χ3n) is 2.86. The third-order valence-corrected chi connectivity index (χ3v) is 2.86. The predicted molar refractivity (Wildman–Crippen MR) is 68.7 cm³/mol. The number of carbonyl (C=O) groups is 1. The summed E-state index contributed by atoms with van der Waals surface area (Å²) in [5.74, 6) is -0.653. The van der Waals surface area contributed by atoms with Crippen molar-refractivity contribution in [3.63, 3.8) is 0 Å². The fourth-order valence-electron chi connectivity index (χ4n) is 2.05. The molecule has 2 aromatic rings. The van der Waals surface area contributed by atoms with Crippen LogP contribution in [0.4, 0.5) is 0 Å². The highest BCUT2D eigenvalue weighted by molar-refractivity contribution is 5.87. The molecule has 0 bridgehead atoms. The largest absolute Gasteiger partial charge is 0.508 e. The Hall–Kier alpha value is -2.29. The van der Waals surface area contributed by atoms with Gasteiger partial charge in [0, 0.05) is 11.6 Å². The molecule has 0 saturated carbocycles. The van der Waals surface area contributed by atoms with E-state index < -0.39 is 5.92 Å². The molecule has 3 heteroatoms. The molecular weight excluding hydrogens is 228 g/mol. The van der Waals surface area contributed by atoms with Crippen molar-refractivity contribution >= 4 is 5.78 Å². The van der Waals surface area contributed by atoms with Gasteiger partial charge in [-0.15, -0.1) is 0 Å². The summed E-state index contributed by atoms with van der Waals surface area (Å²) in [6.45, 7) is 1.49. The van der Waals surface area contributed by atoms with Crippen molar-refractivity contribution in [3.05, 3.63) is 59.7 Å². The molecule has 2 rings (SSSR count). The second-order valence-corrected chi connectivity index (χ2v) is 4.20. The Morgan fingerprint density at radius 3 is 2.28 bits per heavy atom. The summed E-state index contributed by atoms with van der Waals surface area (Å²) >= 11 is 0. The molecule has 1 unspecified atom stereocenters. The lowest BCUT2D eigenvalue weighted by atomic mass is 9.87. The molecule has 0 amide bonds. The lowest BCUT2D eigenvalue weighted by Crippen LogP contribution is -2.10. The normalized spacial score (nSPS) is 12.1. The van der Waals surface area contributed by atoms with Crippen molar-refractivity contribution in [1.82, 2.24) is 0 Å². The van der Waals surface area contributed by atoms with Crippen LogP contribution in [-0.4, -0.2) is 16.0 Å². The minimum Gasteiger partial charge on any atom is -0.508 e. The molecule has 0 aliphatic heterocycles. The van der Waals surface area contributed by atoms with Gasteiger partial charge in [0.05, 0.1) is 5.92 Å². The fourth-order valence-corrected chi connectivity index (χ4v) is 2.05. The molecule has 92 valence electrons. The maximum absolute atomic E-state index is 11.8. The zero-order valence-corrected chi connectivity index (χ0v) is 10.00. The Morgan fingerprint density at radius 2 is 1.72 bits per heavy atom. The number of carbonyl (C=O) groups excluding carboxylic acids is 1. The second-order valence-electron chi connectivity index (χ2n) is 4.20. The van der Waals surface area contributed by atoms with Gasteiger partial charge in [-0.2, -0.15) is 0 Å². The van der Waals surface area contributed by atoms with Crippen molar-refractivity contribution in [2.75, 3.05) is 0 Å². The van der Waals surface area contributed by atoms with Crippen molar-refractivity contribution in [1.29, 1.82) is 0 Å². The number of rotatable bonds is 3. The number of Topliss-reactive ketones (excluding diaryl/α,β-unsaturated/α-hetero) is 1. The summed E-state index contributed by atoms with van der Waals surface area (Å²) in [6, 6.07) is 13.5. The molecule has 0 heterocycles. The number of ketones is 1. The molecular formula is C15H14O3. The molecule has 0 aliphatic carbocycles. The van der Waals surface area contributed by atoms with Crippen LogP contribution in [0.15, 0.2) is 48.5 Å². The van der Waals surface area contributed by atoms with Gasteiger partial charge in [-0.25, -0.2) is 0 Å². The number of phenolic OH excluding ortho intramolecular Hbond substituents is 2. The molecule has 0 spiro atoms. The number of benzene rings is 2. The summed E-state index contributed by atoms with van der Waals surface area (Å²) in [4.78, 5) is 11.8. The molecule has 0 fully saturated rings. The quantitative estimate of drug-likeness (QED) is 0.870. The summed E-state index contributed by atoms with van der Waals surface area (Å²) in [5.41, 5.74) is 1.33. The van der Waals surface area contributed by atoms with E-state index >= 15 is 0 Å². The summed E-state index contributed by atoms with van der Waals surface area (Å²) < 4.78 is 0. The number of hydrogen-bond acceptors (Lipinski definition) is 3. The van der Waals surface area contributed by atoms with E-state index in [9.17, 15) is 15.0 Å². The zero-order valence-electron chi connectivity index (χ0n) is 10.00. The van der Waals surface area contributed by atoms with Crippen LogP contribution in [0.3, 0.4) is 0 Å².